The second-order valence-electron chi connectivity index (χ2n) is 5.67. The molecule has 0 aromatic carbocycles. The molecule has 2 aromatic rings. The van der Waals surface area contributed by atoms with E-state index in [1.54, 1.807) is 23.3 Å². The zero-order chi connectivity index (χ0) is 16.9. The molecule has 0 bridgehead atoms. The first-order valence-corrected chi connectivity index (χ1v) is 7.75. The number of carboxylic acids is 1. The number of amides is 1. The summed E-state index contributed by atoms with van der Waals surface area (Å²) in [4.78, 5) is 29.4. The van der Waals surface area contributed by atoms with Crippen molar-refractivity contribution in [3.8, 4) is 0 Å². The Bertz CT molecular complexity index is 708. The van der Waals surface area contributed by atoms with Gasteiger partial charge in [-0.2, -0.15) is 0 Å². The lowest BCUT2D eigenvalue weighted by atomic mass is 10.1. The topological polar surface area (TPSA) is 92.9 Å². The van der Waals surface area contributed by atoms with Crippen LogP contribution in [0.25, 0.3) is 0 Å². The van der Waals surface area contributed by atoms with E-state index in [0.717, 1.165) is 12.8 Å². The molecule has 126 valence electrons. The van der Waals surface area contributed by atoms with Gasteiger partial charge >= 0.3 is 5.97 Å². The van der Waals surface area contributed by atoms with Crippen molar-refractivity contribution < 1.29 is 23.8 Å². The van der Waals surface area contributed by atoms with Gasteiger partial charge in [0.2, 0.25) is 0 Å². The highest BCUT2D eigenvalue weighted by atomic mass is 16.5. The zero-order valence-corrected chi connectivity index (χ0v) is 13.1. The average molecular weight is 330 g/mol. The number of carbonyl (C=O) groups excluding carboxylic acids is 1. The van der Waals surface area contributed by atoms with Crippen molar-refractivity contribution in [1.82, 2.24) is 9.88 Å². The van der Waals surface area contributed by atoms with Gasteiger partial charge < -0.3 is 19.2 Å². The van der Waals surface area contributed by atoms with Crippen LogP contribution in [0.15, 0.2) is 41.3 Å². The van der Waals surface area contributed by atoms with E-state index in [4.69, 9.17) is 14.3 Å². The summed E-state index contributed by atoms with van der Waals surface area (Å²) in [7, 11) is 0. The van der Waals surface area contributed by atoms with Crippen molar-refractivity contribution in [3.63, 3.8) is 0 Å². The fourth-order valence-corrected chi connectivity index (χ4v) is 2.70. The van der Waals surface area contributed by atoms with Gasteiger partial charge in [0.05, 0.1) is 30.0 Å². The number of furan rings is 1. The van der Waals surface area contributed by atoms with Gasteiger partial charge in [0.25, 0.3) is 5.91 Å². The maximum atomic E-state index is 12.8. The first kappa shape index (κ1) is 16.2. The van der Waals surface area contributed by atoms with Gasteiger partial charge in [0, 0.05) is 25.5 Å². The molecule has 0 aliphatic carbocycles. The van der Waals surface area contributed by atoms with E-state index in [1.165, 1.54) is 18.5 Å². The standard InChI is InChI=1S/C17H18N2O5/c20-16(12-7-13(17(21)22)9-18-8-12)19(10-14-3-1-5-23-14)11-15-4-2-6-24-15/h1,3,5,7-9,15H,2,4,6,10-11H2,(H,21,22). The Morgan fingerprint density at radius 1 is 1.33 bits per heavy atom. The first-order chi connectivity index (χ1) is 11.6. The van der Waals surface area contributed by atoms with Crippen LogP contribution < -0.4 is 0 Å². The summed E-state index contributed by atoms with van der Waals surface area (Å²) >= 11 is 0. The van der Waals surface area contributed by atoms with Crippen LogP contribution in [0.2, 0.25) is 0 Å². The first-order valence-electron chi connectivity index (χ1n) is 7.75. The molecule has 7 heteroatoms. The molecule has 2 aromatic heterocycles. The van der Waals surface area contributed by atoms with E-state index in [9.17, 15) is 9.59 Å². The molecule has 3 rings (SSSR count). The Balaban J connectivity index is 1.81. The van der Waals surface area contributed by atoms with Crippen LogP contribution in [0.5, 0.6) is 0 Å². The summed E-state index contributed by atoms with van der Waals surface area (Å²) in [5, 5.41) is 9.07. The third kappa shape index (κ3) is 3.80. The predicted molar refractivity (Wildman–Crippen MR) is 83.6 cm³/mol. The monoisotopic (exact) mass is 330 g/mol. The quantitative estimate of drug-likeness (QED) is 0.873. The number of hydrogen-bond donors (Lipinski definition) is 1. The Labute approximate surface area is 138 Å². The van der Waals surface area contributed by atoms with E-state index >= 15 is 0 Å². The number of aromatic nitrogens is 1. The predicted octanol–water partition coefficient (Wildman–Crippen LogP) is 2.19. The highest BCUT2D eigenvalue weighted by Crippen LogP contribution is 2.17. The number of nitrogens with zero attached hydrogens (tertiary/aromatic N) is 2. The van der Waals surface area contributed by atoms with Gasteiger partial charge in [-0.15, -0.1) is 0 Å². The molecule has 1 atom stereocenters. The summed E-state index contributed by atoms with van der Waals surface area (Å²) in [5.74, 6) is -0.755. The smallest absolute Gasteiger partial charge is 0.337 e. The molecule has 1 fully saturated rings. The van der Waals surface area contributed by atoms with Crippen LogP contribution in [0.1, 0.15) is 39.3 Å². The van der Waals surface area contributed by atoms with Gasteiger partial charge in [0.1, 0.15) is 5.76 Å². The maximum absolute atomic E-state index is 12.8. The number of aromatic carboxylic acids is 1. The lowest BCUT2D eigenvalue weighted by Gasteiger charge is -2.24. The molecule has 1 aliphatic rings. The Morgan fingerprint density at radius 2 is 2.17 bits per heavy atom. The molecular weight excluding hydrogens is 312 g/mol. The normalized spacial score (nSPS) is 16.9. The third-order valence-corrected chi connectivity index (χ3v) is 3.89. The molecule has 3 heterocycles. The van der Waals surface area contributed by atoms with Gasteiger partial charge in [-0.1, -0.05) is 0 Å². The van der Waals surface area contributed by atoms with Crippen LogP contribution in [0.3, 0.4) is 0 Å². The van der Waals surface area contributed by atoms with Gasteiger partial charge in [-0.3, -0.25) is 9.78 Å². The fourth-order valence-electron chi connectivity index (χ4n) is 2.70. The Hall–Kier alpha value is -2.67. The number of rotatable bonds is 6. The number of ether oxygens (including phenoxy) is 1. The van der Waals surface area contributed by atoms with Crippen molar-refractivity contribution in [2.24, 2.45) is 0 Å². The summed E-state index contributed by atoms with van der Waals surface area (Å²) < 4.78 is 10.9. The Morgan fingerprint density at radius 3 is 2.83 bits per heavy atom. The second-order valence-corrected chi connectivity index (χ2v) is 5.67. The molecule has 0 spiro atoms. The molecule has 1 aliphatic heterocycles. The minimum absolute atomic E-state index is 0.0143. The molecule has 1 unspecified atom stereocenters. The van der Waals surface area contributed by atoms with E-state index in [1.807, 2.05) is 0 Å². The number of hydrogen-bond acceptors (Lipinski definition) is 5. The highest BCUT2D eigenvalue weighted by Gasteiger charge is 2.25. The maximum Gasteiger partial charge on any atom is 0.337 e. The second kappa shape index (κ2) is 7.27. The van der Waals surface area contributed by atoms with Crippen LogP contribution in [-0.2, 0) is 11.3 Å². The number of carbonyl (C=O) groups is 2. The zero-order valence-electron chi connectivity index (χ0n) is 13.1. The average Bonchev–Trinajstić information content (AvgIpc) is 3.27. The number of pyridine rings is 1. The van der Waals surface area contributed by atoms with Crippen molar-refractivity contribution in [1.29, 1.82) is 0 Å². The summed E-state index contributed by atoms with van der Waals surface area (Å²) in [6.45, 7) is 1.42. The van der Waals surface area contributed by atoms with E-state index in [-0.39, 0.29) is 23.1 Å². The molecule has 1 amide bonds. The van der Waals surface area contributed by atoms with Crippen molar-refractivity contribution >= 4 is 11.9 Å². The van der Waals surface area contributed by atoms with Crippen LogP contribution >= 0.6 is 0 Å². The van der Waals surface area contributed by atoms with E-state index < -0.39 is 5.97 Å². The lowest BCUT2D eigenvalue weighted by molar-refractivity contribution is 0.0491. The minimum Gasteiger partial charge on any atom is -0.478 e. The Kier molecular flexibility index (Phi) is 4.90. The van der Waals surface area contributed by atoms with Crippen LogP contribution in [0.4, 0.5) is 0 Å². The lowest BCUT2D eigenvalue weighted by Crippen LogP contribution is -2.37. The van der Waals surface area contributed by atoms with Crippen LogP contribution in [-0.4, -0.2) is 46.1 Å². The molecule has 7 nitrogen and oxygen atoms in total. The fraction of sp³-hybridized carbons (Fsp3) is 0.353. The van der Waals surface area contributed by atoms with Crippen LogP contribution in [0, 0.1) is 0 Å². The summed E-state index contributed by atoms with van der Waals surface area (Å²) in [5.41, 5.74) is 0.218. The van der Waals surface area contributed by atoms with Crippen molar-refractivity contribution in [2.75, 3.05) is 13.2 Å². The summed E-state index contributed by atoms with van der Waals surface area (Å²) in [6.07, 6.45) is 6.00. The number of carboxylic acid groups (broad SMARTS) is 1. The summed E-state index contributed by atoms with van der Waals surface area (Å²) in [6, 6.07) is 4.89. The minimum atomic E-state index is -1.12. The largest absolute Gasteiger partial charge is 0.478 e. The van der Waals surface area contributed by atoms with Gasteiger partial charge in [-0.05, 0) is 31.0 Å². The van der Waals surface area contributed by atoms with Crippen molar-refractivity contribution in [3.05, 3.63) is 53.7 Å². The third-order valence-electron chi connectivity index (χ3n) is 3.89. The SMILES string of the molecule is O=C(O)c1cncc(C(=O)N(Cc2ccco2)CC2CCCO2)c1. The molecule has 1 N–H and O–H groups in total. The molecular formula is C17H18N2O5. The van der Waals surface area contributed by atoms with Crippen molar-refractivity contribution in [2.45, 2.75) is 25.5 Å². The van der Waals surface area contributed by atoms with Gasteiger partial charge in [0.15, 0.2) is 0 Å². The van der Waals surface area contributed by atoms with Gasteiger partial charge in [-0.25, -0.2) is 4.79 Å². The molecule has 0 radical (unpaired) electrons. The van der Waals surface area contributed by atoms with E-state index in [0.29, 0.717) is 25.5 Å². The molecule has 24 heavy (non-hydrogen) atoms. The molecule has 0 saturated carbocycles. The highest BCUT2D eigenvalue weighted by molar-refractivity contribution is 5.97. The van der Waals surface area contributed by atoms with E-state index in [2.05, 4.69) is 4.98 Å². The molecule has 1 saturated heterocycles.